The van der Waals surface area contributed by atoms with E-state index in [0.717, 1.165) is 21.2 Å². The Morgan fingerprint density at radius 3 is 2.94 bits per heavy atom. The van der Waals surface area contributed by atoms with Gasteiger partial charge in [0.25, 0.3) is 0 Å². The van der Waals surface area contributed by atoms with E-state index in [1.54, 1.807) is 0 Å². The van der Waals surface area contributed by atoms with Crippen LogP contribution in [0.2, 0.25) is 0 Å². The number of furan rings is 1. The molecule has 1 N–H and O–H groups in total. The first-order valence-electron chi connectivity index (χ1n) is 5.69. The number of fused-ring (bicyclic) bond motifs is 1. The van der Waals surface area contributed by atoms with E-state index in [4.69, 9.17) is 9.15 Å². The molecule has 0 saturated carbocycles. The van der Waals surface area contributed by atoms with Crippen LogP contribution in [-0.2, 0) is 4.74 Å². The van der Waals surface area contributed by atoms with Crippen LogP contribution in [0.15, 0.2) is 33.2 Å². The maximum Gasteiger partial charge on any atom is 0.148 e. The molecule has 92 valence electrons. The summed E-state index contributed by atoms with van der Waals surface area (Å²) in [4.78, 5) is 0. The Morgan fingerprint density at radius 1 is 1.47 bits per heavy atom. The van der Waals surface area contributed by atoms with Gasteiger partial charge in [0.2, 0.25) is 0 Å². The van der Waals surface area contributed by atoms with Crippen molar-refractivity contribution in [2.45, 2.75) is 13.0 Å². The van der Waals surface area contributed by atoms with Gasteiger partial charge in [0.05, 0.1) is 17.1 Å². The molecule has 1 heterocycles. The van der Waals surface area contributed by atoms with Crippen LogP contribution in [0.3, 0.4) is 0 Å². The van der Waals surface area contributed by atoms with Crippen molar-refractivity contribution >= 4 is 26.9 Å². The van der Waals surface area contributed by atoms with Crippen LogP contribution in [0, 0.1) is 0 Å². The Labute approximate surface area is 109 Å². The van der Waals surface area contributed by atoms with Crippen LogP contribution < -0.4 is 5.32 Å². The van der Waals surface area contributed by atoms with Gasteiger partial charge >= 0.3 is 0 Å². The largest absolute Gasteiger partial charge is 0.458 e. The van der Waals surface area contributed by atoms with Gasteiger partial charge in [-0.25, -0.2) is 0 Å². The number of benzene rings is 1. The minimum Gasteiger partial charge on any atom is -0.458 e. The predicted molar refractivity (Wildman–Crippen MR) is 72.2 cm³/mol. The summed E-state index contributed by atoms with van der Waals surface area (Å²) in [5.74, 6) is 0.905. The molecule has 0 aliphatic rings. The van der Waals surface area contributed by atoms with Crippen molar-refractivity contribution in [3.63, 3.8) is 0 Å². The second-order valence-corrected chi connectivity index (χ2v) is 4.66. The quantitative estimate of drug-likeness (QED) is 0.917. The molecule has 0 aliphatic carbocycles. The van der Waals surface area contributed by atoms with Crippen molar-refractivity contribution in [1.82, 2.24) is 5.32 Å². The molecule has 0 aliphatic heterocycles. The maximum atomic E-state index is 5.86. The first kappa shape index (κ1) is 12.6. The summed E-state index contributed by atoms with van der Waals surface area (Å²) in [7, 11) is 1.91. The minimum atomic E-state index is 0.0919. The van der Waals surface area contributed by atoms with Gasteiger partial charge in [0.1, 0.15) is 11.3 Å². The maximum absolute atomic E-state index is 5.86. The lowest BCUT2D eigenvalue weighted by molar-refractivity contribution is 0.119. The highest BCUT2D eigenvalue weighted by atomic mass is 79.9. The number of likely N-dealkylation sites (N-methyl/N-ethyl adjacent to an activating group) is 1. The van der Waals surface area contributed by atoms with Crippen LogP contribution in [0.1, 0.15) is 18.7 Å². The van der Waals surface area contributed by atoms with Gasteiger partial charge in [-0.3, -0.25) is 0 Å². The summed E-state index contributed by atoms with van der Waals surface area (Å²) < 4.78 is 12.3. The van der Waals surface area contributed by atoms with Crippen molar-refractivity contribution < 1.29 is 9.15 Å². The van der Waals surface area contributed by atoms with E-state index < -0.39 is 0 Å². The first-order chi connectivity index (χ1) is 8.26. The summed E-state index contributed by atoms with van der Waals surface area (Å²) in [5.41, 5.74) is 0.888. The Morgan fingerprint density at radius 2 is 2.29 bits per heavy atom. The van der Waals surface area contributed by atoms with Crippen molar-refractivity contribution in [1.29, 1.82) is 0 Å². The number of halogens is 1. The third-order valence-electron chi connectivity index (χ3n) is 2.70. The Bertz CT molecular complexity index is 495. The normalized spacial score (nSPS) is 13.1. The molecule has 3 nitrogen and oxygen atoms in total. The number of nitrogens with one attached hydrogen (secondary N) is 1. The standard InChI is InChI=1S/C13H16BrNO2/c1-3-16-8-11(15-2)12-7-9-5-4-6-10(14)13(9)17-12/h4-7,11,15H,3,8H2,1-2H3. The molecule has 2 rings (SSSR count). The highest BCUT2D eigenvalue weighted by Gasteiger charge is 2.15. The lowest BCUT2D eigenvalue weighted by atomic mass is 10.2. The fraction of sp³-hybridized carbons (Fsp3) is 0.385. The van der Waals surface area contributed by atoms with E-state index in [-0.39, 0.29) is 6.04 Å². The lowest BCUT2D eigenvalue weighted by Crippen LogP contribution is -2.21. The molecular formula is C13H16BrNO2. The van der Waals surface area contributed by atoms with Crippen molar-refractivity contribution in [3.8, 4) is 0 Å². The van der Waals surface area contributed by atoms with Gasteiger partial charge in [-0.2, -0.15) is 0 Å². The van der Waals surface area contributed by atoms with Crippen molar-refractivity contribution in [2.75, 3.05) is 20.3 Å². The number of ether oxygens (including phenoxy) is 1. The van der Waals surface area contributed by atoms with E-state index in [2.05, 4.69) is 27.3 Å². The highest BCUT2D eigenvalue weighted by molar-refractivity contribution is 9.10. The number of hydrogen-bond donors (Lipinski definition) is 1. The van der Waals surface area contributed by atoms with E-state index >= 15 is 0 Å². The van der Waals surface area contributed by atoms with Crippen LogP contribution in [0.25, 0.3) is 11.0 Å². The van der Waals surface area contributed by atoms with E-state index in [1.807, 2.05) is 32.2 Å². The van der Waals surface area contributed by atoms with E-state index in [1.165, 1.54) is 0 Å². The molecule has 1 unspecified atom stereocenters. The molecule has 1 aromatic carbocycles. The minimum absolute atomic E-state index is 0.0919. The molecular weight excluding hydrogens is 282 g/mol. The van der Waals surface area contributed by atoms with Crippen molar-refractivity contribution in [3.05, 3.63) is 34.5 Å². The summed E-state index contributed by atoms with van der Waals surface area (Å²) in [6, 6.07) is 8.17. The zero-order valence-corrected chi connectivity index (χ0v) is 11.6. The molecule has 0 spiro atoms. The van der Waals surface area contributed by atoms with Gasteiger partial charge in [0.15, 0.2) is 0 Å². The average Bonchev–Trinajstić information content (AvgIpc) is 2.75. The molecule has 17 heavy (non-hydrogen) atoms. The summed E-state index contributed by atoms with van der Waals surface area (Å²) in [6.45, 7) is 3.31. The zero-order valence-electron chi connectivity index (χ0n) is 10.00. The van der Waals surface area contributed by atoms with Crippen LogP contribution in [0.4, 0.5) is 0 Å². The number of hydrogen-bond acceptors (Lipinski definition) is 3. The van der Waals surface area contributed by atoms with Gasteiger partial charge in [-0.15, -0.1) is 0 Å². The lowest BCUT2D eigenvalue weighted by Gasteiger charge is -2.12. The fourth-order valence-electron chi connectivity index (χ4n) is 1.76. The Balaban J connectivity index is 2.31. The van der Waals surface area contributed by atoms with Crippen molar-refractivity contribution in [2.24, 2.45) is 0 Å². The number of para-hydroxylation sites is 1. The zero-order chi connectivity index (χ0) is 12.3. The van der Waals surface area contributed by atoms with Crippen LogP contribution in [0.5, 0.6) is 0 Å². The first-order valence-corrected chi connectivity index (χ1v) is 6.48. The topological polar surface area (TPSA) is 34.4 Å². The van der Waals surface area contributed by atoms with Gasteiger partial charge in [0, 0.05) is 12.0 Å². The average molecular weight is 298 g/mol. The molecule has 0 saturated heterocycles. The summed E-state index contributed by atoms with van der Waals surface area (Å²) in [5, 5.41) is 4.30. The predicted octanol–water partition coefficient (Wildman–Crippen LogP) is 3.49. The molecule has 0 radical (unpaired) electrons. The molecule has 0 fully saturated rings. The second-order valence-electron chi connectivity index (χ2n) is 3.81. The monoisotopic (exact) mass is 297 g/mol. The van der Waals surface area contributed by atoms with Crippen LogP contribution >= 0.6 is 15.9 Å². The van der Waals surface area contributed by atoms with E-state index in [9.17, 15) is 0 Å². The summed E-state index contributed by atoms with van der Waals surface area (Å²) >= 11 is 3.49. The molecule has 1 atom stereocenters. The van der Waals surface area contributed by atoms with Gasteiger partial charge in [-0.05, 0) is 42.0 Å². The van der Waals surface area contributed by atoms with E-state index in [0.29, 0.717) is 13.2 Å². The molecule has 2 aromatic rings. The molecule has 0 amide bonds. The molecule has 0 bridgehead atoms. The third kappa shape index (κ3) is 2.70. The SMILES string of the molecule is CCOCC(NC)c1cc2cccc(Br)c2o1. The van der Waals surface area contributed by atoms with Gasteiger partial charge in [-0.1, -0.05) is 12.1 Å². The summed E-state index contributed by atoms with van der Waals surface area (Å²) in [6.07, 6.45) is 0. The third-order valence-corrected chi connectivity index (χ3v) is 3.32. The van der Waals surface area contributed by atoms with Crippen LogP contribution in [-0.4, -0.2) is 20.3 Å². The number of rotatable bonds is 5. The van der Waals surface area contributed by atoms with Gasteiger partial charge < -0.3 is 14.5 Å². The smallest absolute Gasteiger partial charge is 0.148 e. The molecule has 1 aromatic heterocycles. The molecule has 4 heteroatoms. The Hall–Kier alpha value is -0.840. The fourth-order valence-corrected chi connectivity index (χ4v) is 2.23. The second kappa shape index (κ2) is 5.67. The Kier molecular flexibility index (Phi) is 4.20. The highest BCUT2D eigenvalue weighted by Crippen LogP contribution is 2.29.